The number of carbonyl (C=O) groups excluding carboxylic acids is 1. The Morgan fingerprint density at radius 1 is 1.00 bits per heavy atom. The van der Waals surface area contributed by atoms with E-state index in [0.29, 0.717) is 27.7 Å². The molecule has 0 saturated heterocycles. The number of carboxylic acid groups (broad SMARTS) is 1. The number of aliphatic carboxylic acids is 1. The van der Waals surface area contributed by atoms with Gasteiger partial charge < -0.3 is 9.84 Å². The summed E-state index contributed by atoms with van der Waals surface area (Å²) in [5.41, 5.74) is 2.16. The molecule has 4 rings (SSSR count). The van der Waals surface area contributed by atoms with Gasteiger partial charge in [-0.3, -0.25) is 4.79 Å². The highest BCUT2D eigenvalue weighted by Gasteiger charge is 2.25. The third-order valence-electron chi connectivity index (χ3n) is 5.28. The van der Waals surface area contributed by atoms with Gasteiger partial charge in [0.05, 0.1) is 24.4 Å². The molecule has 4 aromatic rings. The van der Waals surface area contributed by atoms with E-state index in [9.17, 15) is 19.1 Å². The van der Waals surface area contributed by atoms with E-state index in [4.69, 9.17) is 4.74 Å². The minimum atomic E-state index is -1.26. The molecule has 0 aliphatic carbocycles. The van der Waals surface area contributed by atoms with Gasteiger partial charge in [-0.2, -0.15) is 8.75 Å². The second kappa shape index (κ2) is 10.1. The second-order valence-corrected chi connectivity index (χ2v) is 8.74. The fourth-order valence-corrected chi connectivity index (χ4v) is 4.51. The standard InChI is InChI=1S/C25H19FN2O4S2/c1-32-22-10-3-14(12-19(22)26)11-18(24(29)15-4-7-17(33-2)8-5-15)23(25(30)31)16-6-9-20-21(13-16)28-34-27-20/h3-10,12-13H,11H2,1-2H3,(H,30,31)/b23-18+. The van der Waals surface area contributed by atoms with E-state index in [1.54, 1.807) is 48.5 Å². The number of thioether (sulfide) groups is 1. The Labute approximate surface area is 203 Å². The molecule has 3 aromatic carbocycles. The van der Waals surface area contributed by atoms with Gasteiger partial charge in [0.1, 0.15) is 11.0 Å². The number of methoxy groups -OCH3 is 1. The maximum Gasteiger partial charge on any atom is 0.336 e. The monoisotopic (exact) mass is 494 g/mol. The van der Waals surface area contributed by atoms with Crippen LogP contribution in [0.3, 0.4) is 0 Å². The van der Waals surface area contributed by atoms with Gasteiger partial charge in [-0.1, -0.05) is 12.1 Å². The van der Waals surface area contributed by atoms with Crippen LogP contribution < -0.4 is 4.74 Å². The predicted molar refractivity (Wildman–Crippen MR) is 131 cm³/mol. The van der Waals surface area contributed by atoms with Crippen LogP contribution in [-0.2, 0) is 11.2 Å². The van der Waals surface area contributed by atoms with E-state index in [0.717, 1.165) is 16.6 Å². The Morgan fingerprint density at radius 3 is 2.35 bits per heavy atom. The number of Topliss-reactive ketones (excluding diaryl/α,β-unsaturated/α-hetero) is 1. The molecule has 0 spiro atoms. The zero-order valence-corrected chi connectivity index (χ0v) is 19.9. The zero-order valence-electron chi connectivity index (χ0n) is 18.2. The quantitative estimate of drug-likeness (QED) is 0.196. The smallest absolute Gasteiger partial charge is 0.336 e. The van der Waals surface area contributed by atoms with E-state index in [1.165, 1.54) is 31.0 Å². The van der Waals surface area contributed by atoms with Crippen molar-refractivity contribution in [1.29, 1.82) is 0 Å². The summed E-state index contributed by atoms with van der Waals surface area (Å²) in [6.07, 6.45) is 1.84. The van der Waals surface area contributed by atoms with Crippen molar-refractivity contribution in [3.63, 3.8) is 0 Å². The lowest BCUT2D eigenvalue weighted by molar-refractivity contribution is -0.130. The van der Waals surface area contributed by atoms with E-state index < -0.39 is 17.6 Å². The van der Waals surface area contributed by atoms with Crippen molar-refractivity contribution in [2.75, 3.05) is 13.4 Å². The van der Waals surface area contributed by atoms with E-state index in [1.807, 2.05) is 6.26 Å². The van der Waals surface area contributed by atoms with Crippen LogP contribution in [0, 0.1) is 5.82 Å². The average Bonchev–Trinajstić information content (AvgIpc) is 3.31. The Morgan fingerprint density at radius 2 is 1.71 bits per heavy atom. The van der Waals surface area contributed by atoms with Crippen molar-refractivity contribution in [1.82, 2.24) is 8.75 Å². The lowest BCUT2D eigenvalue weighted by Gasteiger charge is -2.14. The first-order chi connectivity index (χ1) is 16.4. The molecular weight excluding hydrogens is 475 g/mol. The highest BCUT2D eigenvalue weighted by molar-refractivity contribution is 7.98. The van der Waals surface area contributed by atoms with Crippen molar-refractivity contribution < 1.29 is 23.8 Å². The van der Waals surface area contributed by atoms with Crippen LogP contribution in [0.1, 0.15) is 21.5 Å². The summed E-state index contributed by atoms with van der Waals surface area (Å²) < 4.78 is 27.7. The number of ether oxygens (including phenoxy) is 1. The average molecular weight is 495 g/mol. The summed E-state index contributed by atoms with van der Waals surface area (Å²) in [5, 5.41) is 10.2. The molecule has 0 aliphatic heterocycles. The van der Waals surface area contributed by atoms with Crippen LogP contribution in [0.5, 0.6) is 5.75 Å². The largest absolute Gasteiger partial charge is 0.494 e. The SMILES string of the molecule is COc1ccc(C/C(C(=O)c2ccc(SC)cc2)=C(\C(=O)O)c2ccc3nsnc3c2)cc1F. The van der Waals surface area contributed by atoms with E-state index >= 15 is 0 Å². The number of fused-ring (bicyclic) bond motifs is 1. The van der Waals surface area contributed by atoms with Gasteiger partial charge in [0.15, 0.2) is 17.3 Å². The maximum absolute atomic E-state index is 14.4. The summed E-state index contributed by atoms with van der Waals surface area (Å²) in [6.45, 7) is 0. The molecule has 172 valence electrons. The number of nitrogens with zero attached hydrogens (tertiary/aromatic N) is 2. The highest BCUT2D eigenvalue weighted by atomic mass is 32.2. The molecule has 0 saturated carbocycles. The molecular formula is C25H19FN2O4S2. The predicted octanol–water partition coefficient (Wildman–Crippen LogP) is 5.52. The number of ketones is 1. The van der Waals surface area contributed by atoms with Gasteiger partial charge in [-0.25, -0.2) is 9.18 Å². The second-order valence-electron chi connectivity index (χ2n) is 7.33. The number of halogens is 1. The Kier molecular flexibility index (Phi) is 7.04. The van der Waals surface area contributed by atoms with Gasteiger partial charge >= 0.3 is 5.97 Å². The first-order valence-electron chi connectivity index (χ1n) is 10.1. The van der Waals surface area contributed by atoms with Crippen molar-refractivity contribution in [3.8, 4) is 5.75 Å². The molecule has 0 radical (unpaired) electrons. The highest BCUT2D eigenvalue weighted by Crippen LogP contribution is 2.29. The lowest BCUT2D eigenvalue weighted by atomic mass is 9.89. The molecule has 0 atom stereocenters. The number of benzene rings is 3. The van der Waals surface area contributed by atoms with Crippen LogP contribution in [-0.4, -0.2) is 39.0 Å². The number of rotatable bonds is 8. The number of allylic oxidation sites excluding steroid dienone is 1. The molecule has 6 nitrogen and oxygen atoms in total. The lowest BCUT2D eigenvalue weighted by Crippen LogP contribution is -2.14. The Balaban J connectivity index is 1.89. The first kappa shape index (κ1) is 23.6. The number of carbonyl (C=O) groups is 2. The topological polar surface area (TPSA) is 89.4 Å². The summed E-state index contributed by atoms with van der Waals surface area (Å²) >= 11 is 2.55. The van der Waals surface area contributed by atoms with Crippen LogP contribution in [0.25, 0.3) is 16.6 Å². The molecule has 9 heteroatoms. The summed E-state index contributed by atoms with van der Waals surface area (Å²) in [7, 11) is 1.36. The van der Waals surface area contributed by atoms with Crippen molar-refractivity contribution >= 4 is 51.8 Å². The van der Waals surface area contributed by atoms with Gasteiger partial charge in [0, 0.05) is 22.5 Å². The Bertz CT molecular complexity index is 1410. The molecule has 0 fully saturated rings. The zero-order chi connectivity index (χ0) is 24.2. The molecule has 1 N–H and O–H groups in total. The van der Waals surface area contributed by atoms with Crippen LogP contribution >= 0.6 is 23.5 Å². The number of hydrogen-bond donors (Lipinski definition) is 1. The summed E-state index contributed by atoms with van der Waals surface area (Å²) in [6, 6.07) is 16.1. The molecule has 0 unspecified atom stereocenters. The number of aromatic nitrogens is 2. The molecule has 1 heterocycles. The first-order valence-corrected chi connectivity index (χ1v) is 12.1. The fraction of sp³-hybridized carbons (Fsp3) is 0.120. The molecule has 0 amide bonds. The number of carboxylic acids is 1. The Hall–Kier alpha value is -3.56. The minimum Gasteiger partial charge on any atom is -0.494 e. The van der Waals surface area contributed by atoms with Crippen LogP contribution in [0.15, 0.2) is 71.1 Å². The van der Waals surface area contributed by atoms with Gasteiger partial charge in [0.25, 0.3) is 0 Å². The maximum atomic E-state index is 14.4. The fourth-order valence-electron chi connectivity index (χ4n) is 3.59. The molecule has 34 heavy (non-hydrogen) atoms. The summed E-state index contributed by atoms with van der Waals surface area (Å²) in [5.74, 6) is -2.24. The van der Waals surface area contributed by atoms with Crippen LogP contribution in [0.2, 0.25) is 0 Å². The third-order valence-corrected chi connectivity index (χ3v) is 6.58. The normalized spacial score (nSPS) is 11.9. The summed E-state index contributed by atoms with van der Waals surface area (Å²) in [4.78, 5) is 27.1. The van der Waals surface area contributed by atoms with E-state index in [-0.39, 0.29) is 23.3 Å². The van der Waals surface area contributed by atoms with E-state index in [2.05, 4.69) is 8.75 Å². The van der Waals surface area contributed by atoms with Gasteiger partial charge in [-0.05, 0) is 65.9 Å². The van der Waals surface area contributed by atoms with Gasteiger partial charge in [-0.15, -0.1) is 11.8 Å². The molecule has 0 bridgehead atoms. The number of hydrogen-bond acceptors (Lipinski definition) is 7. The third kappa shape index (κ3) is 4.85. The minimum absolute atomic E-state index is 0.0384. The molecule has 0 aliphatic rings. The van der Waals surface area contributed by atoms with Gasteiger partial charge in [0.2, 0.25) is 0 Å². The van der Waals surface area contributed by atoms with Crippen molar-refractivity contribution in [3.05, 3.63) is 88.7 Å². The van der Waals surface area contributed by atoms with Crippen molar-refractivity contribution in [2.24, 2.45) is 0 Å². The molecule has 1 aromatic heterocycles. The van der Waals surface area contributed by atoms with Crippen LogP contribution in [0.4, 0.5) is 4.39 Å². The van der Waals surface area contributed by atoms with Crippen molar-refractivity contribution in [2.45, 2.75) is 11.3 Å².